The van der Waals surface area contributed by atoms with Crippen molar-refractivity contribution in [3.63, 3.8) is 0 Å². The van der Waals surface area contributed by atoms with Gasteiger partial charge in [-0.2, -0.15) is 0 Å². The van der Waals surface area contributed by atoms with Gasteiger partial charge in [0.1, 0.15) is 10.7 Å². The lowest BCUT2D eigenvalue weighted by atomic mass is 10.1. The normalized spacial score (nSPS) is 17.5. The molecule has 0 N–H and O–H groups in total. The van der Waals surface area contributed by atoms with Crippen molar-refractivity contribution in [3.05, 3.63) is 52.6 Å². The van der Waals surface area contributed by atoms with Gasteiger partial charge in [0.15, 0.2) is 9.84 Å². The summed E-state index contributed by atoms with van der Waals surface area (Å²) in [7, 11) is -3.28. The van der Waals surface area contributed by atoms with E-state index >= 15 is 0 Å². The molecule has 134 valence electrons. The molecule has 2 aromatic rings. The molecule has 1 atom stereocenters. The summed E-state index contributed by atoms with van der Waals surface area (Å²) in [5.41, 5.74) is 1.28. The van der Waals surface area contributed by atoms with Gasteiger partial charge in [0, 0.05) is 49.1 Å². The number of halogens is 1. The van der Waals surface area contributed by atoms with E-state index in [0.717, 1.165) is 30.7 Å². The monoisotopic (exact) mass is 423 g/mol. The summed E-state index contributed by atoms with van der Waals surface area (Å²) >= 11 is 3.47. The van der Waals surface area contributed by atoms with Crippen LogP contribution in [0.4, 0.5) is 5.82 Å². The minimum absolute atomic E-state index is 0.310. The third-order valence-corrected chi connectivity index (χ3v) is 6.31. The molecule has 2 heterocycles. The average molecular weight is 424 g/mol. The Bertz CT molecular complexity index is 832. The second-order valence-electron chi connectivity index (χ2n) is 6.35. The van der Waals surface area contributed by atoms with Gasteiger partial charge in [0.25, 0.3) is 0 Å². The third-order valence-electron chi connectivity index (χ3n) is 4.66. The maximum atomic E-state index is 12.0. The molecule has 0 radical (unpaired) electrons. The number of aromatic nitrogens is 1. The Morgan fingerprint density at radius 1 is 1.08 bits per heavy atom. The summed E-state index contributed by atoms with van der Waals surface area (Å²) in [6.45, 7) is 5.48. The lowest BCUT2D eigenvalue weighted by molar-refractivity contribution is 0.198. The maximum Gasteiger partial charge on any atom is 0.179 e. The smallest absolute Gasteiger partial charge is 0.179 e. The number of benzene rings is 1. The molecule has 0 aliphatic carbocycles. The summed E-state index contributed by atoms with van der Waals surface area (Å²) in [5, 5.41) is 0. The van der Waals surface area contributed by atoms with Crippen LogP contribution in [-0.2, 0) is 9.84 Å². The van der Waals surface area contributed by atoms with Crippen LogP contribution in [0.1, 0.15) is 18.5 Å². The zero-order valence-electron chi connectivity index (χ0n) is 14.4. The molecule has 1 fully saturated rings. The van der Waals surface area contributed by atoms with Crippen molar-refractivity contribution in [3.8, 4) is 0 Å². The fourth-order valence-electron chi connectivity index (χ4n) is 3.18. The second-order valence-corrected chi connectivity index (χ2v) is 9.25. The van der Waals surface area contributed by atoms with Crippen molar-refractivity contribution >= 4 is 31.6 Å². The maximum absolute atomic E-state index is 12.0. The van der Waals surface area contributed by atoms with Crippen LogP contribution in [0.3, 0.4) is 0 Å². The minimum Gasteiger partial charge on any atom is -0.353 e. The zero-order valence-corrected chi connectivity index (χ0v) is 16.8. The Morgan fingerprint density at radius 2 is 1.72 bits per heavy atom. The Labute approximate surface area is 157 Å². The van der Waals surface area contributed by atoms with E-state index in [-0.39, 0.29) is 0 Å². The van der Waals surface area contributed by atoms with Gasteiger partial charge in [-0.1, -0.05) is 28.1 Å². The van der Waals surface area contributed by atoms with E-state index in [1.54, 1.807) is 18.3 Å². The Kier molecular flexibility index (Phi) is 5.46. The van der Waals surface area contributed by atoms with E-state index in [9.17, 15) is 8.42 Å². The first-order valence-corrected chi connectivity index (χ1v) is 10.9. The van der Waals surface area contributed by atoms with Gasteiger partial charge in [-0.15, -0.1) is 0 Å². The molecule has 0 amide bonds. The highest BCUT2D eigenvalue weighted by Crippen LogP contribution is 2.27. The minimum atomic E-state index is -3.28. The molecule has 1 unspecified atom stereocenters. The Balaban J connectivity index is 1.71. The molecule has 0 spiro atoms. The number of pyridine rings is 1. The van der Waals surface area contributed by atoms with Crippen molar-refractivity contribution in [2.24, 2.45) is 0 Å². The average Bonchev–Trinajstić information content (AvgIpc) is 2.61. The second kappa shape index (κ2) is 7.43. The molecule has 7 heteroatoms. The molecule has 0 saturated carbocycles. The van der Waals surface area contributed by atoms with Crippen LogP contribution in [-0.4, -0.2) is 50.7 Å². The molecule has 25 heavy (non-hydrogen) atoms. The fourth-order valence-corrected chi connectivity index (χ4v) is 4.29. The van der Waals surface area contributed by atoms with Crippen molar-refractivity contribution in [1.29, 1.82) is 0 Å². The first-order chi connectivity index (χ1) is 11.9. The molecular weight excluding hydrogens is 402 g/mol. The molecule has 1 aliphatic rings. The number of anilines is 1. The van der Waals surface area contributed by atoms with E-state index < -0.39 is 9.84 Å². The fraction of sp³-hybridized carbons (Fsp3) is 0.389. The van der Waals surface area contributed by atoms with E-state index in [2.05, 4.69) is 61.9 Å². The van der Waals surface area contributed by atoms with Crippen LogP contribution in [0, 0.1) is 0 Å². The molecule has 1 aromatic heterocycles. The lowest BCUT2D eigenvalue weighted by Crippen LogP contribution is -2.47. The van der Waals surface area contributed by atoms with Crippen molar-refractivity contribution in [2.75, 3.05) is 37.3 Å². The molecule has 1 aliphatic heterocycles. The largest absolute Gasteiger partial charge is 0.353 e. The predicted molar refractivity (Wildman–Crippen MR) is 104 cm³/mol. The number of piperazine rings is 1. The van der Waals surface area contributed by atoms with Crippen LogP contribution >= 0.6 is 15.9 Å². The number of nitrogens with zero attached hydrogens (tertiary/aromatic N) is 3. The molecule has 5 nitrogen and oxygen atoms in total. The van der Waals surface area contributed by atoms with Crippen molar-refractivity contribution < 1.29 is 8.42 Å². The number of hydrogen-bond donors (Lipinski definition) is 0. The van der Waals surface area contributed by atoms with E-state index in [1.807, 2.05) is 0 Å². The summed E-state index contributed by atoms with van der Waals surface area (Å²) in [6, 6.07) is 12.0. The van der Waals surface area contributed by atoms with E-state index in [0.29, 0.717) is 16.8 Å². The Morgan fingerprint density at radius 3 is 2.32 bits per heavy atom. The first-order valence-electron chi connectivity index (χ1n) is 8.26. The van der Waals surface area contributed by atoms with Gasteiger partial charge >= 0.3 is 0 Å². The number of sulfone groups is 1. The van der Waals surface area contributed by atoms with Gasteiger partial charge in [-0.05, 0) is 36.8 Å². The quantitative estimate of drug-likeness (QED) is 0.755. The highest BCUT2D eigenvalue weighted by molar-refractivity contribution is 9.10. The third kappa shape index (κ3) is 4.22. The van der Waals surface area contributed by atoms with E-state index in [4.69, 9.17) is 0 Å². The first kappa shape index (κ1) is 18.4. The van der Waals surface area contributed by atoms with E-state index in [1.165, 1.54) is 11.8 Å². The van der Waals surface area contributed by atoms with Crippen LogP contribution in [0.2, 0.25) is 0 Å². The standard InChI is InChI=1S/C18H22BrN3O2S/c1-14(15-5-7-16(19)8-6-15)21-10-12-22(13-11-21)18-17(25(2,23)24)4-3-9-20-18/h3-9,14H,10-13H2,1-2H3. The van der Waals surface area contributed by atoms with Gasteiger partial charge in [0.2, 0.25) is 0 Å². The van der Waals surface area contributed by atoms with Gasteiger partial charge < -0.3 is 4.90 Å². The van der Waals surface area contributed by atoms with Crippen molar-refractivity contribution in [1.82, 2.24) is 9.88 Å². The number of hydrogen-bond acceptors (Lipinski definition) is 5. The zero-order chi connectivity index (χ0) is 18.0. The molecule has 3 rings (SSSR count). The summed E-state index contributed by atoms with van der Waals surface area (Å²) in [5.74, 6) is 0.570. The molecule has 1 aromatic carbocycles. The van der Waals surface area contributed by atoms with Crippen LogP contribution in [0.25, 0.3) is 0 Å². The van der Waals surface area contributed by atoms with Gasteiger partial charge in [0.05, 0.1) is 0 Å². The molecule has 1 saturated heterocycles. The SMILES string of the molecule is CC(c1ccc(Br)cc1)N1CCN(c2ncccc2S(C)(=O)=O)CC1. The summed E-state index contributed by atoms with van der Waals surface area (Å²) < 4.78 is 25.1. The van der Waals surface area contributed by atoms with Crippen LogP contribution < -0.4 is 4.90 Å². The lowest BCUT2D eigenvalue weighted by Gasteiger charge is -2.39. The van der Waals surface area contributed by atoms with Crippen LogP contribution in [0.5, 0.6) is 0 Å². The predicted octanol–water partition coefficient (Wildman–Crippen LogP) is 3.13. The highest BCUT2D eigenvalue weighted by atomic mass is 79.9. The van der Waals surface area contributed by atoms with Crippen molar-refractivity contribution in [2.45, 2.75) is 17.9 Å². The highest BCUT2D eigenvalue weighted by Gasteiger charge is 2.26. The summed E-state index contributed by atoms with van der Waals surface area (Å²) in [6.07, 6.45) is 2.89. The van der Waals surface area contributed by atoms with Gasteiger partial charge in [-0.25, -0.2) is 13.4 Å². The van der Waals surface area contributed by atoms with Gasteiger partial charge in [-0.3, -0.25) is 4.90 Å². The molecule has 0 bridgehead atoms. The summed E-state index contributed by atoms with van der Waals surface area (Å²) in [4.78, 5) is 9.13. The Hall–Kier alpha value is -1.44. The number of rotatable bonds is 4. The van der Waals surface area contributed by atoms with Crippen LogP contribution in [0.15, 0.2) is 52.0 Å². The topological polar surface area (TPSA) is 53.5 Å². The molecular formula is C18H22BrN3O2S.